The predicted molar refractivity (Wildman–Crippen MR) is 88.8 cm³/mol. The Hall–Kier alpha value is -2.73. The van der Waals surface area contributed by atoms with Crippen molar-refractivity contribution in [3.8, 4) is 11.3 Å². The fourth-order valence-electron chi connectivity index (χ4n) is 2.59. The molecule has 23 heavy (non-hydrogen) atoms. The summed E-state index contributed by atoms with van der Waals surface area (Å²) >= 11 is 0. The third-order valence-corrected chi connectivity index (χ3v) is 4.65. The van der Waals surface area contributed by atoms with E-state index >= 15 is 0 Å². The second-order valence-electron chi connectivity index (χ2n) is 5.18. The molecule has 0 unspecified atom stereocenters. The molecule has 0 aliphatic carbocycles. The van der Waals surface area contributed by atoms with Crippen LogP contribution in [0.5, 0.6) is 0 Å². The summed E-state index contributed by atoms with van der Waals surface area (Å²) in [6.45, 7) is 0. The highest BCUT2D eigenvalue weighted by Crippen LogP contribution is 2.33. The molecular weight excluding hydrogens is 312 g/mol. The molecule has 3 rings (SSSR count). The SMILES string of the molecule is CS(=O)(=O)c1c(-c2ccccc2)nc2ccccc2c1C(N)=O. The Morgan fingerprint density at radius 1 is 1.00 bits per heavy atom. The number of sulfone groups is 1. The molecule has 0 aliphatic heterocycles. The van der Waals surface area contributed by atoms with E-state index in [4.69, 9.17) is 5.73 Å². The van der Waals surface area contributed by atoms with E-state index < -0.39 is 15.7 Å². The highest BCUT2D eigenvalue weighted by Gasteiger charge is 2.26. The van der Waals surface area contributed by atoms with E-state index in [0.29, 0.717) is 16.5 Å². The van der Waals surface area contributed by atoms with Gasteiger partial charge in [-0.3, -0.25) is 4.79 Å². The Bertz CT molecular complexity index is 1010. The lowest BCUT2D eigenvalue weighted by Gasteiger charge is -2.14. The number of aromatic nitrogens is 1. The van der Waals surface area contributed by atoms with Crippen LogP contribution in [0.3, 0.4) is 0 Å². The number of hydrogen-bond acceptors (Lipinski definition) is 4. The number of benzene rings is 2. The van der Waals surface area contributed by atoms with Crippen molar-refractivity contribution >= 4 is 26.6 Å². The third kappa shape index (κ3) is 2.68. The summed E-state index contributed by atoms with van der Waals surface area (Å²) in [5, 5.41) is 0.431. The third-order valence-electron chi connectivity index (χ3n) is 3.51. The quantitative estimate of drug-likeness (QED) is 0.800. The summed E-state index contributed by atoms with van der Waals surface area (Å²) in [7, 11) is -3.71. The number of hydrogen-bond donors (Lipinski definition) is 1. The summed E-state index contributed by atoms with van der Waals surface area (Å²) in [5.74, 6) is -0.791. The lowest BCUT2D eigenvalue weighted by Crippen LogP contribution is -2.18. The van der Waals surface area contributed by atoms with Crippen LogP contribution >= 0.6 is 0 Å². The van der Waals surface area contributed by atoms with Gasteiger partial charge >= 0.3 is 0 Å². The van der Waals surface area contributed by atoms with Gasteiger partial charge in [-0.15, -0.1) is 0 Å². The summed E-state index contributed by atoms with van der Waals surface area (Å²) in [6, 6.07) is 15.7. The van der Waals surface area contributed by atoms with Crippen molar-refractivity contribution in [2.45, 2.75) is 4.90 Å². The van der Waals surface area contributed by atoms with Crippen molar-refractivity contribution in [1.82, 2.24) is 4.98 Å². The molecule has 0 spiro atoms. The van der Waals surface area contributed by atoms with Crippen LogP contribution in [0.25, 0.3) is 22.2 Å². The van der Waals surface area contributed by atoms with Gasteiger partial charge < -0.3 is 5.73 Å². The average molecular weight is 326 g/mol. The van der Waals surface area contributed by atoms with E-state index in [2.05, 4.69) is 4.98 Å². The molecule has 0 atom stereocenters. The topological polar surface area (TPSA) is 90.1 Å². The highest BCUT2D eigenvalue weighted by atomic mass is 32.2. The van der Waals surface area contributed by atoms with Gasteiger partial charge in [0.2, 0.25) is 0 Å². The van der Waals surface area contributed by atoms with Gasteiger partial charge in [-0.25, -0.2) is 13.4 Å². The van der Waals surface area contributed by atoms with E-state index in [-0.39, 0.29) is 16.2 Å². The minimum Gasteiger partial charge on any atom is -0.366 e. The van der Waals surface area contributed by atoms with Crippen molar-refractivity contribution in [2.24, 2.45) is 5.73 Å². The van der Waals surface area contributed by atoms with Crippen LogP contribution in [-0.2, 0) is 9.84 Å². The Morgan fingerprint density at radius 3 is 2.22 bits per heavy atom. The maximum Gasteiger partial charge on any atom is 0.250 e. The van der Waals surface area contributed by atoms with Gasteiger partial charge in [-0.05, 0) is 6.07 Å². The highest BCUT2D eigenvalue weighted by molar-refractivity contribution is 7.91. The van der Waals surface area contributed by atoms with Crippen LogP contribution in [0.4, 0.5) is 0 Å². The van der Waals surface area contributed by atoms with E-state index in [1.807, 2.05) is 6.07 Å². The van der Waals surface area contributed by atoms with Crippen LogP contribution in [0, 0.1) is 0 Å². The fraction of sp³-hybridized carbons (Fsp3) is 0.0588. The Labute approximate surface area is 133 Å². The first kappa shape index (κ1) is 15.2. The number of nitrogens with two attached hydrogens (primary N) is 1. The van der Waals surface area contributed by atoms with E-state index in [1.165, 1.54) is 0 Å². The summed E-state index contributed by atoms with van der Waals surface area (Å²) in [6.07, 6.45) is 1.05. The smallest absolute Gasteiger partial charge is 0.250 e. The molecule has 116 valence electrons. The van der Waals surface area contributed by atoms with Crippen molar-refractivity contribution in [3.63, 3.8) is 0 Å². The van der Waals surface area contributed by atoms with Gasteiger partial charge in [0.25, 0.3) is 5.91 Å². The van der Waals surface area contributed by atoms with Crippen LogP contribution in [0.2, 0.25) is 0 Å². The second kappa shape index (κ2) is 5.48. The molecular formula is C17H14N2O3S. The van der Waals surface area contributed by atoms with E-state index in [1.54, 1.807) is 48.5 Å². The summed E-state index contributed by atoms with van der Waals surface area (Å²) < 4.78 is 24.7. The zero-order valence-electron chi connectivity index (χ0n) is 12.4. The first-order chi connectivity index (χ1) is 10.9. The monoisotopic (exact) mass is 326 g/mol. The molecule has 2 N–H and O–H groups in total. The predicted octanol–water partition coefficient (Wildman–Crippen LogP) is 2.40. The Balaban J connectivity index is 2.56. The standard InChI is InChI=1S/C17H14N2O3S/c1-23(21,22)16-14(17(18)20)12-9-5-6-10-13(12)19-15(16)11-7-3-2-4-8-11/h2-10H,1H3,(H2,18,20). The lowest BCUT2D eigenvalue weighted by atomic mass is 10.0. The first-order valence-electron chi connectivity index (χ1n) is 6.87. The van der Waals surface area contributed by atoms with Gasteiger partial charge in [-0.2, -0.15) is 0 Å². The number of amides is 1. The molecule has 0 saturated heterocycles. The molecule has 2 aromatic carbocycles. The van der Waals surface area contributed by atoms with Crippen LogP contribution in [-0.4, -0.2) is 25.6 Å². The number of fused-ring (bicyclic) bond motifs is 1. The molecule has 1 aromatic heterocycles. The number of carbonyl (C=O) groups is 1. The van der Waals surface area contributed by atoms with Crippen molar-refractivity contribution in [3.05, 3.63) is 60.2 Å². The van der Waals surface area contributed by atoms with Crippen molar-refractivity contribution < 1.29 is 13.2 Å². The molecule has 1 heterocycles. The largest absolute Gasteiger partial charge is 0.366 e. The first-order valence-corrected chi connectivity index (χ1v) is 8.77. The molecule has 1 amide bonds. The maximum atomic E-state index is 12.3. The van der Waals surface area contributed by atoms with E-state index in [9.17, 15) is 13.2 Å². The van der Waals surface area contributed by atoms with Crippen LogP contribution in [0.15, 0.2) is 59.5 Å². The van der Waals surface area contributed by atoms with Crippen molar-refractivity contribution in [1.29, 1.82) is 0 Å². The van der Waals surface area contributed by atoms with Crippen LogP contribution < -0.4 is 5.73 Å². The number of primary amides is 1. The molecule has 6 heteroatoms. The Kier molecular flexibility index (Phi) is 3.61. The molecule has 5 nitrogen and oxygen atoms in total. The zero-order chi connectivity index (χ0) is 16.6. The number of pyridine rings is 1. The summed E-state index contributed by atoms with van der Waals surface area (Å²) in [4.78, 5) is 16.3. The lowest BCUT2D eigenvalue weighted by molar-refractivity contribution is 0.0999. The van der Waals surface area contributed by atoms with Gasteiger partial charge in [-0.1, -0.05) is 48.5 Å². The molecule has 0 aliphatic rings. The number of nitrogens with zero attached hydrogens (tertiary/aromatic N) is 1. The molecule has 0 radical (unpaired) electrons. The average Bonchev–Trinajstić information content (AvgIpc) is 2.52. The number of para-hydroxylation sites is 1. The van der Waals surface area contributed by atoms with Gasteiger partial charge in [0.05, 0.1) is 16.8 Å². The Morgan fingerprint density at radius 2 is 1.61 bits per heavy atom. The van der Waals surface area contributed by atoms with E-state index in [0.717, 1.165) is 6.26 Å². The summed E-state index contributed by atoms with van der Waals surface area (Å²) in [5.41, 5.74) is 6.85. The molecule has 3 aromatic rings. The van der Waals surface area contributed by atoms with Gasteiger partial charge in [0.15, 0.2) is 9.84 Å². The minimum absolute atomic E-state index is 0.0167. The maximum absolute atomic E-state index is 12.3. The number of rotatable bonds is 3. The minimum atomic E-state index is -3.71. The zero-order valence-corrected chi connectivity index (χ0v) is 13.2. The van der Waals surface area contributed by atoms with Crippen LogP contribution in [0.1, 0.15) is 10.4 Å². The normalized spacial score (nSPS) is 11.5. The number of carbonyl (C=O) groups excluding carboxylic acids is 1. The molecule has 0 fully saturated rings. The molecule has 0 saturated carbocycles. The van der Waals surface area contributed by atoms with Crippen molar-refractivity contribution in [2.75, 3.05) is 6.26 Å². The molecule has 0 bridgehead atoms. The second-order valence-corrected chi connectivity index (χ2v) is 7.14. The van der Waals surface area contributed by atoms with Gasteiger partial charge in [0, 0.05) is 17.2 Å². The van der Waals surface area contributed by atoms with Gasteiger partial charge in [0.1, 0.15) is 4.90 Å². The fourth-order valence-corrected chi connectivity index (χ4v) is 3.69.